The molecule has 0 bridgehead atoms. The van der Waals surface area contributed by atoms with Crippen LogP contribution in [0.2, 0.25) is 10.0 Å². The number of fused-ring (bicyclic) bond motifs is 1. The minimum Gasteiger partial charge on any atom is -0.372 e. The van der Waals surface area contributed by atoms with Gasteiger partial charge in [-0.15, -0.1) is 0 Å². The number of aryl methyl sites for hydroxylation is 1. The lowest BCUT2D eigenvalue weighted by Gasteiger charge is -2.21. The minimum atomic E-state index is -0.260. The predicted molar refractivity (Wildman–Crippen MR) is 108 cm³/mol. The lowest BCUT2D eigenvalue weighted by atomic mass is 10.2. The fraction of sp³-hybridized carbons (Fsp3) is 0.263. The summed E-state index contributed by atoms with van der Waals surface area (Å²) < 4.78 is 1.62. The quantitative estimate of drug-likeness (QED) is 0.662. The van der Waals surface area contributed by atoms with Gasteiger partial charge in [-0.25, -0.2) is 4.98 Å². The van der Waals surface area contributed by atoms with Gasteiger partial charge in [0.2, 0.25) is 0 Å². The summed E-state index contributed by atoms with van der Waals surface area (Å²) in [4.78, 5) is 19.4. The molecule has 1 aromatic carbocycles. The number of rotatable bonds is 5. The first kappa shape index (κ1) is 18.5. The molecule has 2 aromatic heterocycles. The molecule has 0 unspecified atom stereocenters. The number of hydrogen-bond acceptors (Lipinski definition) is 3. The van der Waals surface area contributed by atoms with Crippen LogP contribution in [0.5, 0.6) is 0 Å². The monoisotopic (exact) mass is 390 g/mol. The highest BCUT2D eigenvalue weighted by atomic mass is 35.5. The highest BCUT2D eigenvalue weighted by Gasteiger charge is 2.19. The topological polar surface area (TPSA) is 49.6 Å². The van der Waals surface area contributed by atoms with E-state index in [4.69, 9.17) is 23.2 Å². The van der Waals surface area contributed by atoms with Gasteiger partial charge in [0.05, 0.1) is 15.7 Å². The standard InChI is InChI=1S/C19H20Cl2N4O/c1-4-24(5-2)15-8-6-14(7-9-15)23-19(26)17-12(3)22-18-16(21)10-13(20)11-25(17)18/h6-11H,4-5H2,1-3H3,(H,23,26). The number of carbonyl (C=O) groups is 1. The van der Waals surface area contributed by atoms with E-state index in [9.17, 15) is 4.79 Å². The van der Waals surface area contributed by atoms with Gasteiger partial charge in [0.1, 0.15) is 5.69 Å². The zero-order chi connectivity index (χ0) is 18.8. The highest BCUT2D eigenvalue weighted by molar-refractivity contribution is 6.36. The zero-order valence-electron chi connectivity index (χ0n) is 14.9. The Morgan fingerprint density at radius 3 is 2.46 bits per heavy atom. The van der Waals surface area contributed by atoms with Crippen LogP contribution >= 0.6 is 23.2 Å². The Bertz CT molecular complexity index is 946. The first-order chi connectivity index (χ1) is 12.4. The van der Waals surface area contributed by atoms with Crippen molar-refractivity contribution in [2.45, 2.75) is 20.8 Å². The van der Waals surface area contributed by atoms with Crippen molar-refractivity contribution in [3.63, 3.8) is 0 Å². The van der Waals surface area contributed by atoms with Gasteiger partial charge in [0.25, 0.3) is 5.91 Å². The van der Waals surface area contributed by atoms with Gasteiger partial charge in [-0.2, -0.15) is 0 Å². The zero-order valence-corrected chi connectivity index (χ0v) is 16.4. The molecule has 3 aromatic rings. The van der Waals surface area contributed by atoms with E-state index in [-0.39, 0.29) is 5.91 Å². The second kappa shape index (κ2) is 7.56. The Morgan fingerprint density at radius 1 is 1.19 bits per heavy atom. The number of carbonyl (C=O) groups excluding carboxylic acids is 1. The van der Waals surface area contributed by atoms with E-state index in [1.54, 1.807) is 23.6 Å². The van der Waals surface area contributed by atoms with Gasteiger partial charge in [-0.05, 0) is 51.1 Å². The number of anilines is 2. The fourth-order valence-electron chi connectivity index (χ4n) is 2.99. The summed E-state index contributed by atoms with van der Waals surface area (Å²) in [5.41, 5.74) is 3.35. The van der Waals surface area contributed by atoms with Crippen molar-refractivity contribution in [1.29, 1.82) is 0 Å². The van der Waals surface area contributed by atoms with Crippen LogP contribution in [0.1, 0.15) is 30.0 Å². The van der Waals surface area contributed by atoms with Crippen LogP contribution in [-0.2, 0) is 0 Å². The molecule has 0 fully saturated rings. The van der Waals surface area contributed by atoms with Crippen molar-refractivity contribution in [2.24, 2.45) is 0 Å². The molecule has 0 spiro atoms. The van der Waals surface area contributed by atoms with E-state index in [1.165, 1.54) is 0 Å². The van der Waals surface area contributed by atoms with Crippen molar-refractivity contribution in [3.05, 3.63) is 58.0 Å². The molecule has 0 aliphatic rings. The molecule has 2 heterocycles. The molecule has 26 heavy (non-hydrogen) atoms. The normalized spacial score (nSPS) is 11.0. The predicted octanol–water partition coefficient (Wildman–Crippen LogP) is 5.05. The minimum absolute atomic E-state index is 0.260. The fourth-order valence-corrected chi connectivity index (χ4v) is 3.51. The molecule has 0 aliphatic heterocycles. The smallest absolute Gasteiger partial charge is 0.274 e. The molecule has 136 valence electrons. The maximum Gasteiger partial charge on any atom is 0.274 e. The summed E-state index contributed by atoms with van der Waals surface area (Å²) in [5, 5.41) is 3.76. The molecule has 3 rings (SSSR count). The molecule has 1 N–H and O–H groups in total. The first-order valence-corrected chi connectivity index (χ1v) is 9.20. The van der Waals surface area contributed by atoms with Crippen molar-refractivity contribution in [1.82, 2.24) is 9.38 Å². The Labute approximate surface area is 162 Å². The van der Waals surface area contributed by atoms with Crippen LogP contribution in [0, 0.1) is 6.92 Å². The number of hydrogen-bond donors (Lipinski definition) is 1. The van der Waals surface area contributed by atoms with Gasteiger partial charge < -0.3 is 10.2 Å². The third kappa shape index (κ3) is 3.50. The van der Waals surface area contributed by atoms with E-state index in [1.807, 2.05) is 24.3 Å². The number of benzene rings is 1. The average molecular weight is 391 g/mol. The van der Waals surface area contributed by atoms with Gasteiger partial charge in [-0.3, -0.25) is 9.20 Å². The lowest BCUT2D eigenvalue weighted by molar-refractivity contribution is 0.102. The summed E-state index contributed by atoms with van der Waals surface area (Å²) in [6.45, 7) is 7.87. The van der Waals surface area contributed by atoms with Crippen molar-refractivity contribution in [2.75, 3.05) is 23.3 Å². The lowest BCUT2D eigenvalue weighted by Crippen LogP contribution is -2.21. The molecule has 0 radical (unpaired) electrons. The maximum atomic E-state index is 12.8. The number of nitrogens with one attached hydrogen (secondary N) is 1. The molecule has 7 heteroatoms. The number of aromatic nitrogens is 2. The van der Waals surface area contributed by atoms with Gasteiger partial charge in [0, 0.05) is 30.7 Å². The van der Waals surface area contributed by atoms with Crippen LogP contribution in [-0.4, -0.2) is 28.4 Å². The first-order valence-electron chi connectivity index (χ1n) is 8.44. The summed E-state index contributed by atoms with van der Waals surface area (Å²) in [6.07, 6.45) is 1.64. The summed E-state index contributed by atoms with van der Waals surface area (Å²) in [6, 6.07) is 9.39. The van der Waals surface area contributed by atoms with Crippen LogP contribution < -0.4 is 10.2 Å². The van der Waals surface area contributed by atoms with Crippen LogP contribution in [0.3, 0.4) is 0 Å². The number of nitrogens with zero attached hydrogens (tertiary/aromatic N) is 3. The molecule has 5 nitrogen and oxygen atoms in total. The Kier molecular flexibility index (Phi) is 5.39. The van der Waals surface area contributed by atoms with Crippen molar-refractivity contribution in [3.8, 4) is 0 Å². The summed E-state index contributed by atoms with van der Waals surface area (Å²) in [7, 11) is 0. The maximum absolute atomic E-state index is 12.8. The van der Waals surface area contributed by atoms with Crippen molar-refractivity contribution >= 4 is 46.1 Å². The Hall–Kier alpha value is -2.24. The van der Waals surface area contributed by atoms with Crippen LogP contribution in [0.4, 0.5) is 11.4 Å². The molecule has 0 atom stereocenters. The number of halogens is 2. The average Bonchev–Trinajstić information content (AvgIpc) is 2.94. The third-order valence-corrected chi connectivity index (χ3v) is 4.77. The van der Waals surface area contributed by atoms with Gasteiger partial charge in [-0.1, -0.05) is 23.2 Å². The molecule has 0 saturated carbocycles. The van der Waals surface area contributed by atoms with Crippen molar-refractivity contribution < 1.29 is 4.79 Å². The number of amides is 1. The number of imidazole rings is 1. The summed E-state index contributed by atoms with van der Waals surface area (Å²) in [5.74, 6) is -0.260. The second-order valence-electron chi connectivity index (χ2n) is 5.92. The Morgan fingerprint density at radius 2 is 1.85 bits per heavy atom. The molecular weight excluding hydrogens is 371 g/mol. The Balaban J connectivity index is 1.89. The highest BCUT2D eigenvalue weighted by Crippen LogP contribution is 2.25. The largest absolute Gasteiger partial charge is 0.372 e. The molecule has 0 saturated heterocycles. The van der Waals surface area contributed by atoms with E-state index in [0.29, 0.717) is 32.8 Å². The molecular formula is C19H20Cl2N4O. The van der Waals surface area contributed by atoms with Crippen LogP contribution in [0.15, 0.2) is 36.5 Å². The third-order valence-electron chi connectivity index (χ3n) is 4.28. The van der Waals surface area contributed by atoms with Crippen LogP contribution in [0.25, 0.3) is 5.65 Å². The SMILES string of the molecule is CCN(CC)c1ccc(NC(=O)c2c(C)nc3c(Cl)cc(Cl)cn23)cc1. The van der Waals surface area contributed by atoms with Gasteiger partial charge in [0.15, 0.2) is 5.65 Å². The molecule has 1 amide bonds. The van der Waals surface area contributed by atoms with E-state index in [2.05, 4.69) is 29.0 Å². The van der Waals surface area contributed by atoms with E-state index in [0.717, 1.165) is 18.8 Å². The summed E-state index contributed by atoms with van der Waals surface area (Å²) >= 11 is 12.3. The number of pyridine rings is 1. The molecule has 0 aliphatic carbocycles. The second-order valence-corrected chi connectivity index (χ2v) is 6.76. The van der Waals surface area contributed by atoms with Gasteiger partial charge >= 0.3 is 0 Å². The van der Waals surface area contributed by atoms with E-state index < -0.39 is 0 Å². The van der Waals surface area contributed by atoms with E-state index >= 15 is 0 Å².